The van der Waals surface area contributed by atoms with E-state index < -0.39 is 0 Å². The Morgan fingerprint density at radius 3 is 2.45 bits per heavy atom. The van der Waals surface area contributed by atoms with Crippen molar-refractivity contribution in [3.05, 3.63) is 95.6 Å². The first-order valence-corrected chi connectivity index (χ1v) is 10.4. The number of amides is 1. The zero-order chi connectivity index (χ0) is 20.1. The number of hydrogen-bond acceptors (Lipinski definition) is 3. The van der Waals surface area contributed by atoms with Gasteiger partial charge in [-0.05, 0) is 48.9 Å². The second kappa shape index (κ2) is 8.88. The lowest BCUT2D eigenvalue weighted by Gasteiger charge is -2.24. The number of thiophene rings is 1. The SMILES string of the molecule is O=C(NCCCN(c1ccccc1)c1csc2ccccc12)c1ccc(F)cc1. The van der Waals surface area contributed by atoms with Gasteiger partial charge in [0.25, 0.3) is 5.91 Å². The molecule has 5 heteroatoms. The highest BCUT2D eigenvalue weighted by atomic mass is 32.1. The van der Waals surface area contributed by atoms with Crippen molar-refractivity contribution in [2.24, 2.45) is 0 Å². The molecule has 29 heavy (non-hydrogen) atoms. The molecular weight excluding hydrogens is 383 g/mol. The second-order valence-electron chi connectivity index (χ2n) is 6.72. The molecule has 0 fully saturated rings. The summed E-state index contributed by atoms with van der Waals surface area (Å²) in [5, 5.41) is 6.34. The van der Waals surface area contributed by atoms with Gasteiger partial charge in [-0.15, -0.1) is 11.3 Å². The zero-order valence-electron chi connectivity index (χ0n) is 15.8. The molecule has 0 unspecified atom stereocenters. The van der Waals surface area contributed by atoms with Crippen molar-refractivity contribution in [3.8, 4) is 0 Å². The van der Waals surface area contributed by atoms with E-state index in [1.54, 1.807) is 11.3 Å². The molecule has 1 heterocycles. The number of fused-ring (bicyclic) bond motifs is 1. The molecule has 4 aromatic rings. The molecule has 1 amide bonds. The number of benzene rings is 3. The van der Waals surface area contributed by atoms with Crippen LogP contribution in [0, 0.1) is 5.82 Å². The lowest BCUT2D eigenvalue weighted by molar-refractivity contribution is 0.0953. The highest BCUT2D eigenvalue weighted by Gasteiger charge is 2.14. The van der Waals surface area contributed by atoms with Crippen LogP contribution in [-0.2, 0) is 0 Å². The Balaban J connectivity index is 1.45. The molecule has 1 N–H and O–H groups in total. The normalized spacial score (nSPS) is 10.8. The number of nitrogens with zero attached hydrogens (tertiary/aromatic N) is 1. The minimum Gasteiger partial charge on any atom is -0.352 e. The molecule has 146 valence electrons. The number of nitrogens with one attached hydrogen (secondary N) is 1. The van der Waals surface area contributed by atoms with Crippen LogP contribution >= 0.6 is 11.3 Å². The number of rotatable bonds is 7. The Morgan fingerprint density at radius 2 is 1.66 bits per heavy atom. The monoisotopic (exact) mass is 404 g/mol. The molecule has 3 nitrogen and oxygen atoms in total. The molecule has 0 saturated carbocycles. The van der Waals surface area contributed by atoms with Crippen LogP contribution < -0.4 is 10.2 Å². The predicted octanol–water partition coefficient (Wildman–Crippen LogP) is 6.00. The lowest BCUT2D eigenvalue weighted by atomic mass is 10.2. The highest BCUT2D eigenvalue weighted by Crippen LogP contribution is 2.36. The molecule has 0 spiro atoms. The third kappa shape index (κ3) is 4.46. The maximum atomic E-state index is 13.0. The summed E-state index contributed by atoms with van der Waals surface area (Å²) in [7, 11) is 0. The minimum absolute atomic E-state index is 0.183. The first-order chi connectivity index (χ1) is 14.2. The van der Waals surface area contributed by atoms with E-state index in [1.807, 2.05) is 18.2 Å². The summed E-state index contributed by atoms with van der Waals surface area (Å²) < 4.78 is 14.3. The van der Waals surface area contributed by atoms with Crippen LogP contribution in [0.2, 0.25) is 0 Å². The molecular formula is C24H21FN2OS. The molecule has 3 aromatic carbocycles. The number of carbonyl (C=O) groups excluding carboxylic acids is 1. The maximum Gasteiger partial charge on any atom is 0.251 e. The van der Waals surface area contributed by atoms with E-state index in [1.165, 1.54) is 40.0 Å². The summed E-state index contributed by atoms with van der Waals surface area (Å²) in [5.74, 6) is -0.528. The van der Waals surface area contributed by atoms with Gasteiger partial charge in [-0.1, -0.05) is 36.4 Å². The van der Waals surface area contributed by atoms with Gasteiger partial charge < -0.3 is 10.2 Å². The average molecular weight is 405 g/mol. The molecule has 1 aromatic heterocycles. The summed E-state index contributed by atoms with van der Waals surface area (Å²) in [4.78, 5) is 14.5. The van der Waals surface area contributed by atoms with Gasteiger partial charge in [0.05, 0.1) is 5.69 Å². The first kappa shape index (κ1) is 19.2. The summed E-state index contributed by atoms with van der Waals surface area (Å²) in [5.41, 5.74) is 2.78. The average Bonchev–Trinajstić information content (AvgIpc) is 3.19. The second-order valence-corrected chi connectivity index (χ2v) is 7.63. The quantitative estimate of drug-likeness (QED) is 0.383. The summed E-state index contributed by atoms with van der Waals surface area (Å²) in [6.45, 7) is 1.32. The maximum absolute atomic E-state index is 13.0. The smallest absolute Gasteiger partial charge is 0.251 e. The topological polar surface area (TPSA) is 32.3 Å². The first-order valence-electron chi connectivity index (χ1n) is 9.55. The van der Waals surface area contributed by atoms with E-state index in [-0.39, 0.29) is 11.7 Å². The van der Waals surface area contributed by atoms with E-state index in [9.17, 15) is 9.18 Å². The standard InChI is InChI=1S/C24H21FN2OS/c25-19-13-11-18(12-14-19)24(28)26-15-6-16-27(20-7-2-1-3-8-20)22-17-29-23-10-5-4-9-21(22)23/h1-5,7-14,17H,6,15-16H2,(H,26,28). The van der Waals surface area contributed by atoms with Crippen LogP contribution in [-0.4, -0.2) is 19.0 Å². The van der Waals surface area contributed by atoms with Crippen LogP contribution in [0.1, 0.15) is 16.8 Å². The van der Waals surface area contributed by atoms with E-state index in [4.69, 9.17) is 0 Å². The predicted molar refractivity (Wildman–Crippen MR) is 119 cm³/mol. The van der Waals surface area contributed by atoms with Gasteiger partial charge in [-0.2, -0.15) is 0 Å². The third-order valence-corrected chi connectivity index (χ3v) is 5.72. The highest BCUT2D eigenvalue weighted by molar-refractivity contribution is 7.17. The van der Waals surface area contributed by atoms with Crippen molar-refractivity contribution < 1.29 is 9.18 Å². The fourth-order valence-electron chi connectivity index (χ4n) is 3.31. The van der Waals surface area contributed by atoms with Gasteiger partial charge >= 0.3 is 0 Å². The van der Waals surface area contributed by atoms with Crippen molar-refractivity contribution in [3.63, 3.8) is 0 Å². The molecule has 0 aliphatic heterocycles. The van der Waals surface area contributed by atoms with E-state index in [0.717, 1.165) is 18.7 Å². The van der Waals surface area contributed by atoms with Crippen LogP contribution in [0.5, 0.6) is 0 Å². The van der Waals surface area contributed by atoms with Gasteiger partial charge in [-0.3, -0.25) is 4.79 Å². The Bertz CT molecular complexity index is 1090. The number of para-hydroxylation sites is 1. The van der Waals surface area contributed by atoms with Gasteiger partial charge in [0, 0.05) is 39.8 Å². The zero-order valence-corrected chi connectivity index (χ0v) is 16.7. The summed E-state index contributed by atoms with van der Waals surface area (Å²) in [6, 6.07) is 24.3. The largest absolute Gasteiger partial charge is 0.352 e. The summed E-state index contributed by atoms with van der Waals surface area (Å²) in [6.07, 6.45) is 0.784. The third-order valence-electron chi connectivity index (χ3n) is 4.77. The molecule has 4 rings (SSSR count). The van der Waals surface area contributed by atoms with Crippen molar-refractivity contribution >= 4 is 38.7 Å². The van der Waals surface area contributed by atoms with Crippen LogP contribution in [0.15, 0.2) is 84.2 Å². The number of anilines is 2. The molecule has 0 aliphatic rings. The van der Waals surface area contributed by atoms with Crippen molar-refractivity contribution in [2.75, 3.05) is 18.0 Å². The molecule has 0 atom stereocenters. The van der Waals surface area contributed by atoms with E-state index in [2.05, 4.69) is 52.0 Å². The molecule has 0 radical (unpaired) electrons. The Labute approximate surface area is 173 Å². The van der Waals surface area contributed by atoms with Crippen molar-refractivity contribution in [2.45, 2.75) is 6.42 Å². The van der Waals surface area contributed by atoms with Gasteiger partial charge in [-0.25, -0.2) is 4.39 Å². The van der Waals surface area contributed by atoms with Crippen molar-refractivity contribution in [1.82, 2.24) is 5.32 Å². The van der Waals surface area contributed by atoms with Crippen LogP contribution in [0.4, 0.5) is 15.8 Å². The Morgan fingerprint density at radius 1 is 0.931 bits per heavy atom. The summed E-state index contributed by atoms with van der Waals surface area (Å²) >= 11 is 1.74. The van der Waals surface area contributed by atoms with Gasteiger partial charge in [0.15, 0.2) is 0 Å². The number of carbonyl (C=O) groups is 1. The lowest BCUT2D eigenvalue weighted by Crippen LogP contribution is -2.28. The van der Waals surface area contributed by atoms with Gasteiger partial charge in [0.1, 0.15) is 5.82 Å². The molecule has 0 bridgehead atoms. The Hall–Kier alpha value is -3.18. The fraction of sp³-hybridized carbons (Fsp3) is 0.125. The minimum atomic E-state index is -0.344. The van der Waals surface area contributed by atoms with E-state index >= 15 is 0 Å². The molecule has 0 aliphatic carbocycles. The van der Waals surface area contributed by atoms with E-state index in [0.29, 0.717) is 12.1 Å². The number of halogens is 1. The van der Waals surface area contributed by atoms with Crippen molar-refractivity contribution in [1.29, 1.82) is 0 Å². The van der Waals surface area contributed by atoms with Crippen LogP contribution in [0.3, 0.4) is 0 Å². The van der Waals surface area contributed by atoms with Crippen LogP contribution in [0.25, 0.3) is 10.1 Å². The van der Waals surface area contributed by atoms with Gasteiger partial charge in [0.2, 0.25) is 0 Å². The molecule has 0 saturated heterocycles. The Kier molecular flexibility index (Phi) is 5.86. The number of hydrogen-bond donors (Lipinski definition) is 1. The fourth-order valence-corrected chi connectivity index (χ4v) is 4.26.